The van der Waals surface area contributed by atoms with E-state index in [2.05, 4.69) is 10.6 Å². The van der Waals surface area contributed by atoms with Gasteiger partial charge in [-0.05, 0) is 54.8 Å². The second-order valence-corrected chi connectivity index (χ2v) is 6.50. The zero-order valence-corrected chi connectivity index (χ0v) is 15.8. The fourth-order valence-corrected chi connectivity index (χ4v) is 2.53. The number of rotatable bonds is 8. The van der Waals surface area contributed by atoms with Crippen LogP contribution in [0.5, 0.6) is 5.75 Å². The van der Waals surface area contributed by atoms with E-state index >= 15 is 0 Å². The lowest BCUT2D eigenvalue weighted by Gasteiger charge is -2.22. The van der Waals surface area contributed by atoms with Gasteiger partial charge < -0.3 is 15.4 Å². The van der Waals surface area contributed by atoms with Gasteiger partial charge in [0.25, 0.3) is 5.91 Å². The molecule has 0 aromatic heterocycles. The normalized spacial score (nSPS) is 11.7. The van der Waals surface area contributed by atoms with E-state index in [-0.39, 0.29) is 30.1 Å². The van der Waals surface area contributed by atoms with Crippen molar-refractivity contribution >= 4 is 11.8 Å². The molecule has 2 rings (SSSR count). The molecule has 0 aliphatic heterocycles. The van der Waals surface area contributed by atoms with E-state index in [1.165, 1.54) is 12.1 Å². The van der Waals surface area contributed by atoms with Gasteiger partial charge in [-0.25, -0.2) is 4.39 Å². The highest BCUT2D eigenvalue weighted by atomic mass is 19.1. The molecule has 0 saturated carbocycles. The molecule has 0 heterocycles. The summed E-state index contributed by atoms with van der Waals surface area (Å²) in [5, 5.41) is 5.56. The quantitative estimate of drug-likeness (QED) is 0.747. The number of nitrogens with one attached hydrogen (secondary N) is 2. The van der Waals surface area contributed by atoms with Crippen molar-refractivity contribution in [2.75, 3.05) is 6.61 Å². The summed E-state index contributed by atoms with van der Waals surface area (Å²) in [6, 6.07) is 12.0. The number of carbonyl (C=O) groups is 2. The zero-order valence-electron chi connectivity index (χ0n) is 15.8. The highest BCUT2D eigenvalue weighted by molar-refractivity contribution is 5.97. The second kappa shape index (κ2) is 9.71. The standard InChI is InChI=1S/C21H25FN2O3/c1-4-27-18-11-7-16(8-12-18)20(25)24-19(14(2)3)21(26)23-13-15-5-9-17(22)10-6-15/h5-12,14,19H,4,13H2,1-3H3,(H,23,26)(H,24,25)/t19-/m0/s1. The molecule has 0 bridgehead atoms. The first-order chi connectivity index (χ1) is 12.9. The number of amides is 2. The molecule has 2 N–H and O–H groups in total. The fourth-order valence-electron chi connectivity index (χ4n) is 2.53. The van der Waals surface area contributed by atoms with Crippen LogP contribution in [0.15, 0.2) is 48.5 Å². The molecule has 0 aliphatic carbocycles. The van der Waals surface area contributed by atoms with E-state index in [9.17, 15) is 14.0 Å². The van der Waals surface area contributed by atoms with Crippen molar-refractivity contribution in [3.8, 4) is 5.75 Å². The van der Waals surface area contributed by atoms with Crippen LogP contribution in [0.3, 0.4) is 0 Å². The Morgan fingerprint density at radius 2 is 1.67 bits per heavy atom. The average Bonchev–Trinajstić information content (AvgIpc) is 2.66. The van der Waals surface area contributed by atoms with Crippen LogP contribution in [-0.4, -0.2) is 24.5 Å². The molecule has 6 heteroatoms. The fraction of sp³-hybridized carbons (Fsp3) is 0.333. The maximum atomic E-state index is 12.9. The predicted octanol–water partition coefficient (Wildman–Crippen LogP) is 3.30. The Kier molecular flexibility index (Phi) is 7.34. The summed E-state index contributed by atoms with van der Waals surface area (Å²) in [6.45, 7) is 6.43. The minimum atomic E-state index is -0.676. The van der Waals surface area contributed by atoms with Crippen molar-refractivity contribution in [2.24, 2.45) is 5.92 Å². The maximum absolute atomic E-state index is 12.9. The van der Waals surface area contributed by atoms with E-state index in [0.29, 0.717) is 17.9 Å². The molecular formula is C21H25FN2O3. The van der Waals surface area contributed by atoms with Gasteiger partial charge in [0, 0.05) is 12.1 Å². The summed E-state index contributed by atoms with van der Waals surface area (Å²) in [4.78, 5) is 25.0. The highest BCUT2D eigenvalue weighted by Gasteiger charge is 2.24. The smallest absolute Gasteiger partial charge is 0.251 e. The Balaban J connectivity index is 1.97. The van der Waals surface area contributed by atoms with Crippen molar-refractivity contribution in [3.63, 3.8) is 0 Å². The summed E-state index contributed by atoms with van der Waals surface area (Å²) in [7, 11) is 0. The molecule has 0 spiro atoms. The van der Waals surface area contributed by atoms with Crippen LogP contribution >= 0.6 is 0 Å². The minimum Gasteiger partial charge on any atom is -0.494 e. The highest BCUT2D eigenvalue weighted by Crippen LogP contribution is 2.13. The van der Waals surface area contributed by atoms with Crippen LogP contribution in [0.1, 0.15) is 36.7 Å². The summed E-state index contributed by atoms with van der Waals surface area (Å²) in [5.74, 6) is -0.341. The molecule has 27 heavy (non-hydrogen) atoms. The van der Waals surface area contributed by atoms with Crippen molar-refractivity contribution in [1.82, 2.24) is 10.6 Å². The number of carbonyl (C=O) groups excluding carboxylic acids is 2. The Morgan fingerprint density at radius 3 is 2.22 bits per heavy atom. The van der Waals surface area contributed by atoms with Gasteiger partial charge >= 0.3 is 0 Å². The molecule has 2 aromatic rings. The van der Waals surface area contributed by atoms with Gasteiger partial charge in [0.1, 0.15) is 17.6 Å². The molecule has 144 valence electrons. The molecule has 2 aromatic carbocycles. The number of hydrogen-bond donors (Lipinski definition) is 2. The number of benzene rings is 2. The number of ether oxygens (including phenoxy) is 1. The van der Waals surface area contributed by atoms with E-state index in [1.807, 2.05) is 20.8 Å². The monoisotopic (exact) mass is 372 g/mol. The molecule has 0 unspecified atom stereocenters. The Hall–Kier alpha value is -2.89. The van der Waals surface area contributed by atoms with Crippen molar-refractivity contribution in [2.45, 2.75) is 33.4 Å². The van der Waals surface area contributed by atoms with Gasteiger partial charge in [-0.2, -0.15) is 0 Å². The van der Waals surface area contributed by atoms with Crippen molar-refractivity contribution < 1.29 is 18.7 Å². The molecule has 5 nitrogen and oxygen atoms in total. The third-order valence-corrected chi connectivity index (χ3v) is 4.04. The van der Waals surface area contributed by atoms with Crippen LogP contribution in [-0.2, 0) is 11.3 Å². The molecule has 0 saturated heterocycles. The van der Waals surface area contributed by atoms with Crippen LogP contribution < -0.4 is 15.4 Å². The van der Waals surface area contributed by atoms with Crippen LogP contribution in [0, 0.1) is 11.7 Å². The third kappa shape index (κ3) is 6.09. The number of halogens is 1. The van der Waals surface area contributed by atoms with Gasteiger partial charge in [0.05, 0.1) is 6.61 Å². The van der Waals surface area contributed by atoms with E-state index < -0.39 is 6.04 Å². The van der Waals surface area contributed by atoms with Gasteiger partial charge in [-0.3, -0.25) is 9.59 Å². The Morgan fingerprint density at radius 1 is 1.04 bits per heavy atom. The second-order valence-electron chi connectivity index (χ2n) is 6.50. The lowest BCUT2D eigenvalue weighted by molar-refractivity contribution is -0.124. The Bertz CT molecular complexity index is 758. The van der Waals surface area contributed by atoms with Crippen molar-refractivity contribution in [3.05, 3.63) is 65.5 Å². The summed E-state index contributed by atoms with van der Waals surface area (Å²) in [6.07, 6.45) is 0. The molecule has 0 fully saturated rings. The topological polar surface area (TPSA) is 67.4 Å². The van der Waals surface area contributed by atoms with Gasteiger partial charge in [-0.1, -0.05) is 26.0 Å². The lowest BCUT2D eigenvalue weighted by atomic mass is 10.0. The molecular weight excluding hydrogens is 347 g/mol. The molecule has 0 radical (unpaired) electrons. The van der Waals surface area contributed by atoms with Crippen LogP contribution in [0.4, 0.5) is 4.39 Å². The SMILES string of the molecule is CCOc1ccc(C(=O)N[C@H](C(=O)NCc2ccc(F)cc2)C(C)C)cc1. The summed E-state index contributed by atoms with van der Waals surface area (Å²) >= 11 is 0. The zero-order chi connectivity index (χ0) is 19.8. The first-order valence-electron chi connectivity index (χ1n) is 8.96. The third-order valence-electron chi connectivity index (χ3n) is 4.04. The van der Waals surface area contributed by atoms with E-state index in [1.54, 1.807) is 36.4 Å². The molecule has 0 aliphatic rings. The van der Waals surface area contributed by atoms with Crippen LogP contribution in [0.25, 0.3) is 0 Å². The summed E-state index contributed by atoms with van der Waals surface area (Å²) in [5.41, 5.74) is 1.24. The van der Waals surface area contributed by atoms with E-state index in [4.69, 9.17) is 4.74 Å². The average molecular weight is 372 g/mol. The van der Waals surface area contributed by atoms with Crippen LogP contribution in [0.2, 0.25) is 0 Å². The van der Waals surface area contributed by atoms with Gasteiger partial charge in [-0.15, -0.1) is 0 Å². The molecule has 1 atom stereocenters. The first-order valence-corrected chi connectivity index (χ1v) is 8.96. The maximum Gasteiger partial charge on any atom is 0.251 e. The largest absolute Gasteiger partial charge is 0.494 e. The van der Waals surface area contributed by atoms with Crippen molar-refractivity contribution in [1.29, 1.82) is 0 Å². The Labute approximate surface area is 158 Å². The van der Waals surface area contributed by atoms with Gasteiger partial charge in [0.2, 0.25) is 5.91 Å². The summed E-state index contributed by atoms with van der Waals surface area (Å²) < 4.78 is 18.3. The van der Waals surface area contributed by atoms with Gasteiger partial charge in [0.15, 0.2) is 0 Å². The first kappa shape index (κ1) is 20.4. The predicted molar refractivity (Wildman–Crippen MR) is 102 cm³/mol. The lowest BCUT2D eigenvalue weighted by Crippen LogP contribution is -2.49. The molecule has 2 amide bonds. The van der Waals surface area contributed by atoms with E-state index in [0.717, 1.165) is 5.56 Å². The number of hydrogen-bond acceptors (Lipinski definition) is 3. The minimum absolute atomic E-state index is 0.0927.